The molecule has 5 nitrogen and oxygen atoms in total. The molecule has 0 spiro atoms. The molecule has 3 rings (SSSR count). The van der Waals surface area contributed by atoms with Gasteiger partial charge in [-0.1, -0.05) is 39.0 Å². The van der Waals surface area contributed by atoms with Crippen LogP contribution < -0.4 is 9.46 Å². The number of para-hydroxylation sites is 1. The molecule has 0 amide bonds. The molecule has 0 radical (unpaired) electrons. The van der Waals surface area contributed by atoms with Crippen molar-refractivity contribution in [1.29, 1.82) is 0 Å². The Kier molecular flexibility index (Phi) is 5.26. The van der Waals surface area contributed by atoms with E-state index in [0.717, 1.165) is 10.4 Å². The average molecular weight is 403 g/mol. The molecular weight excluding hydrogens is 380 g/mol. The fraction of sp³-hybridized carbons (Fsp3) is 0.250. The van der Waals surface area contributed by atoms with Crippen LogP contribution in [0.25, 0.3) is 0 Å². The Balaban J connectivity index is 1.94. The summed E-state index contributed by atoms with van der Waals surface area (Å²) < 4.78 is 34.2. The van der Waals surface area contributed by atoms with E-state index in [1.165, 1.54) is 11.3 Å². The summed E-state index contributed by atoms with van der Waals surface area (Å²) in [5.74, 6) is 0.863. The summed E-state index contributed by atoms with van der Waals surface area (Å²) in [6.07, 6.45) is 1.57. The number of anilines is 1. The number of thiophene rings is 1. The molecule has 1 N–H and O–H groups in total. The van der Waals surface area contributed by atoms with E-state index in [1.807, 2.05) is 31.2 Å². The van der Waals surface area contributed by atoms with E-state index < -0.39 is 10.0 Å². The molecule has 0 aliphatic carbocycles. The van der Waals surface area contributed by atoms with E-state index in [1.54, 1.807) is 30.5 Å². The molecule has 0 bridgehead atoms. The van der Waals surface area contributed by atoms with Crippen molar-refractivity contribution >= 4 is 27.0 Å². The Bertz CT molecular complexity index is 1050. The lowest BCUT2D eigenvalue weighted by Crippen LogP contribution is -2.14. The Hall–Kier alpha value is -2.38. The number of nitrogens with zero attached hydrogens (tertiary/aromatic N) is 1. The van der Waals surface area contributed by atoms with E-state index in [0.29, 0.717) is 11.4 Å². The van der Waals surface area contributed by atoms with Gasteiger partial charge in [-0.3, -0.25) is 4.72 Å². The standard InChI is InChI=1S/C20H22N2O3S2/c1-14-11-12-18(26-14)27(23,24)22-16-9-7-13-21-19(16)25-17-10-6-5-8-15(17)20(2,3)4/h5-13,22H,1-4H3. The largest absolute Gasteiger partial charge is 0.437 e. The van der Waals surface area contributed by atoms with Crippen molar-refractivity contribution in [3.8, 4) is 11.6 Å². The van der Waals surface area contributed by atoms with Gasteiger partial charge < -0.3 is 4.74 Å². The molecule has 0 saturated heterocycles. The first-order valence-electron chi connectivity index (χ1n) is 8.48. The predicted molar refractivity (Wildman–Crippen MR) is 109 cm³/mol. The second-order valence-corrected chi connectivity index (χ2v) is 10.4. The van der Waals surface area contributed by atoms with E-state index in [-0.39, 0.29) is 15.5 Å². The summed E-state index contributed by atoms with van der Waals surface area (Å²) in [6.45, 7) is 8.15. The highest BCUT2D eigenvalue weighted by atomic mass is 32.2. The van der Waals surface area contributed by atoms with Gasteiger partial charge >= 0.3 is 0 Å². The number of hydrogen-bond donors (Lipinski definition) is 1. The second-order valence-electron chi connectivity index (χ2n) is 7.17. The van der Waals surface area contributed by atoms with Crippen LogP contribution in [0, 0.1) is 6.92 Å². The van der Waals surface area contributed by atoms with E-state index in [2.05, 4.69) is 30.5 Å². The van der Waals surface area contributed by atoms with Gasteiger partial charge in [0, 0.05) is 16.6 Å². The monoisotopic (exact) mass is 402 g/mol. The number of aromatic nitrogens is 1. The lowest BCUT2D eigenvalue weighted by molar-refractivity contribution is 0.442. The van der Waals surface area contributed by atoms with Crippen LogP contribution in [-0.4, -0.2) is 13.4 Å². The van der Waals surface area contributed by atoms with Crippen molar-refractivity contribution in [2.75, 3.05) is 4.72 Å². The Morgan fingerprint density at radius 3 is 2.44 bits per heavy atom. The van der Waals surface area contributed by atoms with Crippen molar-refractivity contribution in [2.24, 2.45) is 0 Å². The van der Waals surface area contributed by atoms with Gasteiger partial charge in [0.05, 0.1) is 0 Å². The summed E-state index contributed by atoms with van der Waals surface area (Å²) in [5, 5.41) is 0. The zero-order valence-corrected chi connectivity index (χ0v) is 17.3. The number of nitrogens with one attached hydrogen (secondary N) is 1. The first kappa shape index (κ1) is 19.4. The highest BCUT2D eigenvalue weighted by molar-refractivity contribution is 7.94. The Morgan fingerprint density at radius 2 is 1.78 bits per heavy atom. The van der Waals surface area contributed by atoms with Crippen LogP contribution in [0.2, 0.25) is 0 Å². The maximum absolute atomic E-state index is 12.7. The van der Waals surface area contributed by atoms with Crippen LogP contribution in [0.1, 0.15) is 31.2 Å². The van der Waals surface area contributed by atoms with Gasteiger partial charge in [-0.2, -0.15) is 0 Å². The van der Waals surface area contributed by atoms with Crippen molar-refractivity contribution in [2.45, 2.75) is 37.3 Å². The third-order valence-electron chi connectivity index (χ3n) is 3.90. The first-order valence-corrected chi connectivity index (χ1v) is 10.8. The number of pyridine rings is 1. The molecule has 3 aromatic rings. The smallest absolute Gasteiger partial charge is 0.271 e. The number of sulfonamides is 1. The maximum Gasteiger partial charge on any atom is 0.271 e. The molecule has 0 fully saturated rings. The zero-order chi connectivity index (χ0) is 19.7. The van der Waals surface area contributed by atoms with Gasteiger partial charge in [-0.25, -0.2) is 13.4 Å². The third kappa shape index (κ3) is 4.48. The normalized spacial score (nSPS) is 12.0. The Labute approximate surface area is 164 Å². The van der Waals surface area contributed by atoms with Crippen LogP contribution in [0.15, 0.2) is 58.9 Å². The lowest BCUT2D eigenvalue weighted by Gasteiger charge is -2.22. The zero-order valence-electron chi connectivity index (χ0n) is 15.7. The van der Waals surface area contributed by atoms with E-state index in [4.69, 9.17) is 4.74 Å². The first-order chi connectivity index (χ1) is 12.7. The molecule has 0 atom stereocenters. The SMILES string of the molecule is Cc1ccc(S(=O)(=O)Nc2cccnc2Oc2ccccc2C(C)(C)C)s1. The van der Waals surface area contributed by atoms with Crippen LogP contribution >= 0.6 is 11.3 Å². The lowest BCUT2D eigenvalue weighted by atomic mass is 9.86. The van der Waals surface area contributed by atoms with Crippen molar-refractivity contribution in [1.82, 2.24) is 4.98 Å². The summed E-state index contributed by atoms with van der Waals surface area (Å²) in [5.41, 5.74) is 1.19. The van der Waals surface area contributed by atoms with Crippen molar-refractivity contribution < 1.29 is 13.2 Å². The van der Waals surface area contributed by atoms with Gasteiger partial charge in [0.2, 0.25) is 5.88 Å². The van der Waals surface area contributed by atoms with Crippen LogP contribution in [0.3, 0.4) is 0 Å². The molecule has 1 aromatic carbocycles. The fourth-order valence-corrected chi connectivity index (χ4v) is 4.92. The predicted octanol–water partition coefficient (Wildman–Crippen LogP) is 5.34. The summed E-state index contributed by atoms with van der Waals surface area (Å²) in [6, 6.07) is 14.4. The minimum absolute atomic E-state index is 0.125. The average Bonchev–Trinajstić information content (AvgIpc) is 3.03. The summed E-state index contributed by atoms with van der Waals surface area (Å²) >= 11 is 1.22. The third-order valence-corrected chi connectivity index (χ3v) is 6.76. The van der Waals surface area contributed by atoms with Crippen molar-refractivity contribution in [3.63, 3.8) is 0 Å². The molecule has 142 valence electrons. The number of benzene rings is 1. The highest BCUT2D eigenvalue weighted by Crippen LogP contribution is 2.36. The molecule has 0 aliphatic rings. The number of ether oxygens (including phenoxy) is 1. The fourth-order valence-electron chi connectivity index (χ4n) is 2.58. The van der Waals surface area contributed by atoms with Gasteiger partial charge in [-0.05, 0) is 42.7 Å². The molecule has 7 heteroatoms. The summed E-state index contributed by atoms with van der Waals surface area (Å²) in [4.78, 5) is 5.16. The summed E-state index contributed by atoms with van der Waals surface area (Å²) in [7, 11) is -3.70. The van der Waals surface area contributed by atoms with Gasteiger partial charge in [0.25, 0.3) is 10.0 Å². The molecule has 0 saturated carbocycles. The number of aryl methyl sites for hydroxylation is 1. The van der Waals surface area contributed by atoms with Gasteiger partial charge in [0.15, 0.2) is 0 Å². The van der Waals surface area contributed by atoms with Gasteiger partial charge in [0.1, 0.15) is 15.6 Å². The van der Waals surface area contributed by atoms with E-state index in [9.17, 15) is 8.42 Å². The highest BCUT2D eigenvalue weighted by Gasteiger charge is 2.22. The molecule has 27 heavy (non-hydrogen) atoms. The molecule has 0 aliphatic heterocycles. The quantitative estimate of drug-likeness (QED) is 0.625. The second kappa shape index (κ2) is 7.32. The van der Waals surface area contributed by atoms with Crippen LogP contribution in [0.4, 0.5) is 5.69 Å². The number of hydrogen-bond acceptors (Lipinski definition) is 5. The van der Waals surface area contributed by atoms with Crippen LogP contribution in [0.5, 0.6) is 11.6 Å². The number of rotatable bonds is 5. The van der Waals surface area contributed by atoms with E-state index >= 15 is 0 Å². The molecule has 2 aromatic heterocycles. The molecule has 0 unspecified atom stereocenters. The van der Waals surface area contributed by atoms with Crippen molar-refractivity contribution in [3.05, 3.63) is 65.2 Å². The Morgan fingerprint density at radius 1 is 1.04 bits per heavy atom. The maximum atomic E-state index is 12.7. The molecular formula is C20H22N2O3S2. The topological polar surface area (TPSA) is 68.3 Å². The minimum Gasteiger partial charge on any atom is -0.437 e. The van der Waals surface area contributed by atoms with Gasteiger partial charge in [-0.15, -0.1) is 11.3 Å². The van der Waals surface area contributed by atoms with Crippen LogP contribution in [-0.2, 0) is 15.4 Å². The minimum atomic E-state index is -3.70. The molecule has 2 heterocycles.